The van der Waals surface area contributed by atoms with Crippen molar-refractivity contribution in [2.24, 2.45) is 5.73 Å². The van der Waals surface area contributed by atoms with Crippen LogP contribution in [0.5, 0.6) is 0 Å². The van der Waals surface area contributed by atoms with Crippen molar-refractivity contribution in [2.75, 3.05) is 25.4 Å². The summed E-state index contributed by atoms with van der Waals surface area (Å²) in [5.41, 5.74) is 6.82. The predicted molar refractivity (Wildman–Crippen MR) is 119 cm³/mol. The fourth-order valence-electron chi connectivity index (χ4n) is 3.62. The molecule has 1 aliphatic rings. The molecule has 9 nitrogen and oxygen atoms in total. The Labute approximate surface area is 191 Å². The molecule has 0 aliphatic carbocycles. The molecule has 10 heteroatoms. The molecule has 3 rings (SSSR count). The number of rotatable bonds is 5. The lowest BCUT2D eigenvalue weighted by Crippen LogP contribution is -2.40. The summed E-state index contributed by atoms with van der Waals surface area (Å²) in [5, 5.41) is 9.98. The first kappa shape index (κ1) is 23.6. The highest BCUT2D eigenvalue weighted by atomic mass is 32.2. The van der Waals surface area contributed by atoms with E-state index in [4.69, 9.17) is 15.2 Å². The number of nitrogens with zero attached hydrogens (tertiary/aromatic N) is 2. The van der Waals surface area contributed by atoms with Crippen molar-refractivity contribution >= 4 is 27.5 Å². The fraction of sp³-hybridized carbons (Fsp3) is 0.174. The number of nitriles is 1. The number of methoxy groups -OCH3 is 2. The molecule has 33 heavy (non-hydrogen) atoms. The summed E-state index contributed by atoms with van der Waals surface area (Å²) in [6.45, 7) is 0. The summed E-state index contributed by atoms with van der Waals surface area (Å²) >= 11 is 0. The molecule has 2 N–H and O–H groups in total. The largest absolute Gasteiger partial charge is 0.466 e. The molecular formula is C23H21N3O6S. The number of hydrogen-bond donors (Lipinski definition) is 1. The fourth-order valence-corrected chi connectivity index (χ4v) is 4.25. The van der Waals surface area contributed by atoms with Gasteiger partial charge in [0.2, 0.25) is 0 Å². The molecule has 1 atom stereocenters. The molecule has 1 aliphatic heterocycles. The van der Waals surface area contributed by atoms with E-state index in [2.05, 4.69) is 0 Å². The third-order valence-electron chi connectivity index (χ3n) is 5.13. The summed E-state index contributed by atoms with van der Waals surface area (Å²) < 4.78 is 33.6. The molecule has 2 aromatic carbocycles. The van der Waals surface area contributed by atoms with Gasteiger partial charge < -0.3 is 15.2 Å². The highest BCUT2D eigenvalue weighted by molar-refractivity contribution is 7.90. The number of carbonyl (C=O) groups is 2. The maximum Gasteiger partial charge on any atom is 0.355 e. The zero-order valence-corrected chi connectivity index (χ0v) is 18.9. The maximum atomic E-state index is 12.9. The number of benzene rings is 2. The lowest BCUT2D eigenvalue weighted by molar-refractivity contribution is -0.139. The number of anilines is 1. The van der Waals surface area contributed by atoms with E-state index in [0.717, 1.165) is 20.5 Å². The van der Waals surface area contributed by atoms with Crippen molar-refractivity contribution in [3.05, 3.63) is 82.8 Å². The minimum Gasteiger partial charge on any atom is -0.466 e. The summed E-state index contributed by atoms with van der Waals surface area (Å²) in [6, 6.07) is 16.2. The van der Waals surface area contributed by atoms with Crippen LogP contribution in [0.2, 0.25) is 0 Å². The Bertz CT molecular complexity index is 1310. The van der Waals surface area contributed by atoms with Crippen molar-refractivity contribution in [2.45, 2.75) is 10.8 Å². The van der Waals surface area contributed by atoms with Gasteiger partial charge in [0.05, 0.1) is 42.2 Å². The number of ether oxygens (including phenoxy) is 2. The topological polar surface area (TPSA) is 140 Å². The van der Waals surface area contributed by atoms with Crippen LogP contribution in [-0.4, -0.2) is 40.8 Å². The first-order valence-corrected chi connectivity index (χ1v) is 11.5. The summed E-state index contributed by atoms with van der Waals surface area (Å²) in [5.74, 6) is -2.82. The molecule has 0 saturated carbocycles. The van der Waals surface area contributed by atoms with Crippen LogP contribution in [0.4, 0.5) is 5.69 Å². The van der Waals surface area contributed by atoms with E-state index in [1.165, 1.54) is 29.2 Å². The lowest BCUT2D eigenvalue weighted by Gasteiger charge is -2.35. The number of sulfone groups is 1. The molecule has 0 amide bonds. The molecule has 0 saturated heterocycles. The molecule has 0 fully saturated rings. The Morgan fingerprint density at radius 1 is 1.00 bits per heavy atom. The lowest BCUT2D eigenvalue weighted by atomic mass is 9.81. The van der Waals surface area contributed by atoms with E-state index in [9.17, 15) is 23.3 Å². The van der Waals surface area contributed by atoms with Gasteiger partial charge in [0.25, 0.3) is 0 Å². The monoisotopic (exact) mass is 467 g/mol. The highest BCUT2D eigenvalue weighted by Gasteiger charge is 2.42. The van der Waals surface area contributed by atoms with E-state index in [1.54, 1.807) is 30.3 Å². The molecule has 1 heterocycles. The van der Waals surface area contributed by atoms with Gasteiger partial charge in [0.15, 0.2) is 9.84 Å². The van der Waals surface area contributed by atoms with Gasteiger partial charge in [-0.25, -0.2) is 18.0 Å². The highest BCUT2D eigenvalue weighted by Crippen LogP contribution is 2.43. The Morgan fingerprint density at radius 2 is 1.58 bits per heavy atom. The number of allylic oxidation sites excluding steroid dienone is 1. The first-order valence-electron chi connectivity index (χ1n) is 9.61. The summed E-state index contributed by atoms with van der Waals surface area (Å²) in [6.07, 6.45) is 1.06. The molecule has 1 unspecified atom stereocenters. The second-order valence-electron chi connectivity index (χ2n) is 7.10. The van der Waals surface area contributed by atoms with Crippen molar-refractivity contribution in [3.8, 4) is 6.07 Å². The molecule has 0 spiro atoms. The van der Waals surface area contributed by atoms with Gasteiger partial charge in [-0.2, -0.15) is 5.26 Å². The SMILES string of the molecule is COC(=O)C1=C(C(=O)OC)N(c2ccc(S(C)(=O)=O)cc2)C(N)=C(C#N)C1c1ccccc1. The van der Waals surface area contributed by atoms with Crippen LogP contribution in [0, 0.1) is 11.3 Å². The van der Waals surface area contributed by atoms with Crippen molar-refractivity contribution in [3.63, 3.8) is 0 Å². The van der Waals surface area contributed by atoms with Gasteiger partial charge >= 0.3 is 11.9 Å². The third kappa shape index (κ3) is 4.31. The maximum absolute atomic E-state index is 12.9. The first-order chi connectivity index (χ1) is 15.6. The van der Waals surface area contributed by atoms with Crippen LogP contribution in [0.1, 0.15) is 11.5 Å². The number of carbonyl (C=O) groups excluding carboxylic acids is 2. The zero-order valence-electron chi connectivity index (χ0n) is 18.1. The third-order valence-corrected chi connectivity index (χ3v) is 6.26. The van der Waals surface area contributed by atoms with Gasteiger partial charge in [-0.15, -0.1) is 0 Å². The molecular weight excluding hydrogens is 446 g/mol. The predicted octanol–water partition coefficient (Wildman–Crippen LogP) is 1.99. The molecule has 170 valence electrons. The van der Waals surface area contributed by atoms with Crippen molar-refractivity contribution in [1.29, 1.82) is 5.26 Å². The standard InChI is InChI=1S/C23H21N3O6S/c1-31-22(27)19-18(14-7-5-4-6-8-14)17(13-24)21(25)26(20(19)23(28)32-2)15-9-11-16(12-10-15)33(3,29)30/h4-12,18H,25H2,1-3H3. The van der Waals surface area contributed by atoms with E-state index in [1.807, 2.05) is 6.07 Å². The van der Waals surface area contributed by atoms with Gasteiger partial charge in [-0.05, 0) is 29.8 Å². The van der Waals surface area contributed by atoms with Gasteiger partial charge in [-0.1, -0.05) is 30.3 Å². The second-order valence-corrected chi connectivity index (χ2v) is 9.12. The Kier molecular flexibility index (Phi) is 6.55. The molecule has 0 bridgehead atoms. The minimum atomic E-state index is -3.48. The smallest absolute Gasteiger partial charge is 0.355 e. The van der Waals surface area contributed by atoms with Gasteiger partial charge in [0.1, 0.15) is 11.5 Å². The Morgan fingerprint density at radius 3 is 2.06 bits per heavy atom. The van der Waals surface area contributed by atoms with Crippen LogP contribution in [-0.2, 0) is 28.9 Å². The van der Waals surface area contributed by atoms with E-state index in [0.29, 0.717) is 5.56 Å². The Hall–Kier alpha value is -4.10. The van der Waals surface area contributed by atoms with Gasteiger partial charge in [-0.3, -0.25) is 4.90 Å². The average molecular weight is 468 g/mol. The zero-order chi connectivity index (χ0) is 24.3. The van der Waals surface area contributed by atoms with Crippen molar-refractivity contribution in [1.82, 2.24) is 0 Å². The van der Waals surface area contributed by atoms with Crippen LogP contribution >= 0.6 is 0 Å². The van der Waals surface area contributed by atoms with E-state index < -0.39 is 27.7 Å². The molecule has 2 aromatic rings. The second kappa shape index (κ2) is 9.18. The van der Waals surface area contributed by atoms with E-state index in [-0.39, 0.29) is 33.2 Å². The molecule has 0 aromatic heterocycles. The normalized spacial score (nSPS) is 16.3. The average Bonchev–Trinajstić information content (AvgIpc) is 2.82. The van der Waals surface area contributed by atoms with Gasteiger partial charge in [0, 0.05) is 11.9 Å². The van der Waals surface area contributed by atoms with Crippen LogP contribution in [0.3, 0.4) is 0 Å². The van der Waals surface area contributed by atoms with Crippen molar-refractivity contribution < 1.29 is 27.5 Å². The van der Waals surface area contributed by atoms with Crippen LogP contribution < -0.4 is 10.6 Å². The summed E-state index contributed by atoms with van der Waals surface area (Å²) in [7, 11) is -1.18. The Balaban J connectivity index is 2.37. The van der Waals surface area contributed by atoms with Crippen LogP contribution in [0.15, 0.2) is 82.2 Å². The summed E-state index contributed by atoms with van der Waals surface area (Å²) in [4.78, 5) is 27.1. The number of hydrogen-bond acceptors (Lipinski definition) is 9. The number of nitrogens with two attached hydrogens (primary N) is 1. The quantitative estimate of drug-likeness (QED) is 0.654. The number of esters is 2. The van der Waals surface area contributed by atoms with E-state index >= 15 is 0 Å². The molecule has 0 radical (unpaired) electrons. The minimum absolute atomic E-state index is 0.0152. The van der Waals surface area contributed by atoms with Crippen LogP contribution in [0.25, 0.3) is 0 Å².